The van der Waals surface area contributed by atoms with Gasteiger partial charge in [-0.1, -0.05) is 31.9 Å². The van der Waals surface area contributed by atoms with Crippen LogP contribution in [0, 0.1) is 5.82 Å². The Labute approximate surface area is 500 Å². The third kappa shape index (κ3) is 13.9. The summed E-state index contributed by atoms with van der Waals surface area (Å²) in [6.07, 6.45) is 9.42. The maximum atomic E-state index is 13.6. The van der Waals surface area contributed by atoms with Crippen LogP contribution in [-0.4, -0.2) is 116 Å². The molecule has 5 aliphatic heterocycles. The maximum absolute atomic E-state index is 13.6. The van der Waals surface area contributed by atoms with Crippen LogP contribution in [0.5, 0.6) is 11.5 Å². The van der Waals surface area contributed by atoms with Gasteiger partial charge in [0.15, 0.2) is 11.4 Å². The quantitative estimate of drug-likeness (QED) is 0.0864. The Morgan fingerprint density at radius 3 is 2.28 bits per heavy atom. The summed E-state index contributed by atoms with van der Waals surface area (Å²) in [5, 5.41) is 30.9. The fourth-order valence-corrected chi connectivity index (χ4v) is 9.97. The van der Waals surface area contributed by atoms with Crippen molar-refractivity contribution < 1.29 is 99.7 Å². The van der Waals surface area contributed by atoms with Crippen LogP contribution in [0.25, 0.3) is 22.3 Å². The van der Waals surface area contributed by atoms with E-state index in [-0.39, 0.29) is 105 Å². The monoisotopic (exact) mass is 1160 g/mol. The average Bonchev–Trinajstić information content (AvgIpc) is 4.10. The summed E-state index contributed by atoms with van der Waals surface area (Å²) < 4.78 is 31.8. The van der Waals surface area contributed by atoms with E-state index in [1.165, 1.54) is 38.5 Å². The molecule has 3 fully saturated rings. The summed E-state index contributed by atoms with van der Waals surface area (Å²) in [5.74, 6) is -3.91. The van der Waals surface area contributed by atoms with Gasteiger partial charge in [-0.15, -0.1) is 12.4 Å². The second-order valence-corrected chi connectivity index (χ2v) is 18.9. The number of hydrogen-bond acceptors (Lipinski definition) is 18. The number of carbonyl (C=O) groups excluding carboxylic acids is 3. The minimum absolute atomic E-state index is 0. The Hall–Kier alpha value is -6.14. The fourth-order valence-electron chi connectivity index (χ4n) is 9.86. The Morgan fingerprint density at radius 2 is 1.66 bits per heavy atom. The molecule has 2 atom stereocenters. The number of aromatic hydroxyl groups is 1. The summed E-state index contributed by atoms with van der Waals surface area (Å²) >= 11 is 5.36. The van der Waals surface area contributed by atoms with E-state index in [9.17, 15) is 57.8 Å². The van der Waals surface area contributed by atoms with Gasteiger partial charge in [-0.05, 0) is 94.3 Å². The molecule has 0 bridgehead atoms. The molecule has 79 heavy (non-hydrogen) atoms. The smallest absolute Gasteiger partial charge is 0.542 e. The molecule has 5 aromatic heterocycles. The van der Waals surface area contributed by atoms with Gasteiger partial charge in [-0.25, -0.2) is 29.0 Å². The van der Waals surface area contributed by atoms with Crippen LogP contribution < -0.4 is 95.0 Å². The molecule has 3 saturated heterocycles. The molecule has 1 aromatic carbocycles. The van der Waals surface area contributed by atoms with Crippen LogP contribution in [-0.2, 0) is 39.4 Å². The molecule has 5 aliphatic rings. The van der Waals surface area contributed by atoms with E-state index in [2.05, 4.69) is 21.8 Å². The number of rotatable bonds is 6. The van der Waals surface area contributed by atoms with Crippen LogP contribution in [0.3, 0.4) is 0 Å². The van der Waals surface area contributed by atoms with E-state index in [1.54, 1.807) is 33.6 Å². The SMILES string of the molecule is CCc1c2c(nc3ccc(OC(=O)N4CCC(N5CCCCC5)CC4)cc13)-c1cc3c(c(=O)n1C2)COC(=O)[C@]3(O)CC.Cl.O=C([O-])c1nc(=O)[nH]c(=O)[nH]1.O=c1[nH]c(=O)n(C2CCCO2)cc1F.O=c1cc(O)c(Cl)c[nH]1.[K+]. The molecule has 416 valence electrons. The number of carboxylic acids is 1. The molecule has 0 saturated carbocycles. The number of carbonyl (C=O) groups is 3. The molecule has 29 heteroatoms. The molecule has 0 spiro atoms. The number of aryl methyl sites for hydroxylation is 1. The van der Waals surface area contributed by atoms with Crippen molar-refractivity contribution >= 4 is 52.9 Å². The third-order valence-electron chi connectivity index (χ3n) is 13.8. The van der Waals surface area contributed by atoms with Crippen molar-refractivity contribution in [2.45, 2.75) is 103 Å². The summed E-state index contributed by atoms with van der Waals surface area (Å²) in [7, 11) is 0. The molecular weight excluding hydrogens is 1110 g/mol. The topological polar surface area (TPSA) is 350 Å². The summed E-state index contributed by atoms with van der Waals surface area (Å²) in [6.45, 7) is 8.20. The van der Waals surface area contributed by atoms with Crippen LogP contribution in [0.15, 0.2) is 71.5 Å². The predicted octanol–water partition coefficient (Wildman–Crippen LogP) is -0.943. The number of carboxylic acid groups (broad SMARTS) is 1. The number of cyclic esters (lactones) is 1. The van der Waals surface area contributed by atoms with Crippen molar-refractivity contribution in [2.75, 3.05) is 32.8 Å². The number of nitrogens with one attached hydrogen (secondary N) is 4. The molecular formula is C50H54Cl2FKN10O15. The number of aliphatic hydroxyl groups is 1. The molecule has 0 aliphatic carbocycles. The number of likely N-dealkylation sites (tertiary alicyclic amines) is 2. The van der Waals surface area contributed by atoms with Gasteiger partial charge in [0.05, 0.1) is 40.2 Å². The minimum Gasteiger partial charge on any atom is -0.542 e. The third-order valence-corrected chi connectivity index (χ3v) is 14.1. The first kappa shape index (κ1) is 62.1. The molecule has 1 unspecified atom stereocenters. The molecule has 0 radical (unpaired) electrons. The van der Waals surface area contributed by atoms with Gasteiger partial charge in [-0.2, -0.15) is 9.37 Å². The van der Waals surface area contributed by atoms with E-state index in [1.807, 2.05) is 22.0 Å². The van der Waals surface area contributed by atoms with Gasteiger partial charge in [0.25, 0.3) is 16.7 Å². The average molecular weight is 1160 g/mol. The number of aromatic nitrogens is 8. The van der Waals surface area contributed by atoms with Gasteiger partial charge in [0.1, 0.15) is 30.3 Å². The van der Waals surface area contributed by atoms with E-state index in [4.69, 9.17) is 35.9 Å². The van der Waals surface area contributed by atoms with Crippen LogP contribution in [0.2, 0.25) is 5.02 Å². The zero-order chi connectivity index (χ0) is 55.3. The van der Waals surface area contributed by atoms with Gasteiger partial charge in [0.2, 0.25) is 5.82 Å². The van der Waals surface area contributed by atoms with Gasteiger partial charge in [-0.3, -0.25) is 33.9 Å². The van der Waals surface area contributed by atoms with Gasteiger partial charge < -0.3 is 53.7 Å². The summed E-state index contributed by atoms with van der Waals surface area (Å²) in [6, 6.07) is 8.78. The number of pyridine rings is 3. The van der Waals surface area contributed by atoms with Gasteiger partial charge in [0, 0.05) is 54.5 Å². The number of ether oxygens (including phenoxy) is 3. The number of H-pyrrole nitrogens is 4. The van der Waals surface area contributed by atoms with E-state index in [0.29, 0.717) is 73.4 Å². The van der Waals surface area contributed by atoms with Crippen molar-refractivity contribution in [3.63, 3.8) is 0 Å². The number of piperidine rings is 2. The summed E-state index contributed by atoms with van der Waals surface area (Å²) in [5.41, 5.74) is -1.56. The predicted molar refractivity (Wildman–Crippen MR) is 276 cm³/mol. The fraction of sp³-hybridized carbons (Fsp3) is 0.420. The van der Waals surface area contributed by atoms with Crippen molar-refractivity contribution in [1.29, 1.82) is 0 Å². The first-order chi connectivity index (χ1) is 36.8. The van der Waals surface area contributed by atoms with Crippen molar-refractivity contribution in [2.24, 2.45) is 0 Å². The Bertz CT molecular complexity index is 3600. The second-order valence-electron chi connectivity index (χ2n) is 18.5. The Kier molecular flexibility index (Phi) is 21.1. The van der Waals surface area contributed by atoms with Crippen molar-refractivity contribution in [1.82, 2.24) is 48.8 Å². The number of aromatic amines is 4. The van der Waals surface area contributed by atoms with Crippen LogP contribution >= 0.6 is 24.0 Å². The number of benzene rings is 1. The maximum Gasteiger partial charge on any atom is 1.00 e. The zero-order valence-corrected chi connectivity index (χ0v) is 47.8. The van der Waals surface area contributed by atoms with Gasteiger partial charge >= 0.3 is 80.5 Å². The first-order valence-corrected chi connectivity index (χ1v) is 25.1. The number of nitrogens with zero attached hydrogens (tertiary/aromatic N) is 6. The molecule has 11 rings (SSSR count). The summed E-state index contributed by atoms with van der Waals surface area (Å²) in [4.78, 5) is 122. The van der Waals surface area contributed by atoms with E-state index < -0.39 is 58.0 Å². The van der Waals surface area contributed by atoms with Crippen molar-refractivity contribution in [3.05, 3.63) is 144 Å². The largest absolute Gasteiger partial charge is 1.00 e. The van der Waals surface area contributed by atoms with Crippen LogP contribution in [0.4, 0.5) is 9.18 Å². The zero-order valence-electron chi connectivity index (χ0n) is 43.1. The first-order valence-electron chi connectivity index (χ1n) is 24.7. The minimum atomic E-state index is -1.86. The van der Waals surface area contributed by atoms with Crippen LogP contribution in [0.1, 0.15) is 104 Å². The molecule has 10 heterocycles. The number of halogens is 3. The standard InChI is InChI=1S/C33H38N4O6.C8H9FN2O3.C5H4ClNO2.C4H3N3O4.ClH.K/c1-3-22-23-16-21(43-32(40)36-14-10-20(11-15-36)35-12-6-5-7-13-35)8-9-27(23)34-29-24(22)18-37-28(29)17-26-25(30(37)38)19-42-31(39)33(26,41)4-2;9-5-4-11(6-2-1-3-14-6)8(13)10-7(5)12;6-3-2-7-5(9)1-4(3)8;8-2(9)1-5-3(10)7-4(11)6-1;;/h8-9,16-17,20,41H,3-7,10-15,18-19H2,1-2H3;4,6H,1-3H2,(H,10,12,13);1-2H,(H2,7,8,9);(H,8,9)(H2,5,6,7,10,11);1H;/q;;;;;+1/p-1/t33-;;;;;/m0...../s1. The number of esters is 1. The molecule has 1 amide bonds. The Balaban J connectivity index is 0.000000226. The van der Waals surface area contributed by atoms with E-state index in [0.717, 1.165) is 58.1 Å². The number of fused-ring (bicyclic) bond motifs is 5. The molecule has 6 aromatic rings. The molecule has 6 N–H and O–H groups in total. The normalized spacial score (nSPS) is 18.3. The number of hydrogen-bond donors (Lipinski definition) is 6. The Morgan fingerprint density at radius 1 is 0.937 bits per heavy atom. The second kappa shape index (κ2) is 26.9. The number of amides is 1. The number of aromatic carboxylic acids is 1. The van der Waals surface area contributed by atoms with E-state index >= 15 is 0 Å². The van der Waals surface area contributed by atoms with Crippen molar-refractivity contribution in [3.8, 4) is 22.9 Å². The molecule has 25 nitrogen and oxygen atoms in total.